The maximum Gasteiger partial charge on any atom is 0.472 e. The summed E-state index contributed by atoms with van der Waals surface area (Å²) in [5.74, 6) is -2.43. The van der Waals surface area contributed by atoms with Gasteiger partial charge in [-0.25, -0.2) is 9.36 Å². The van der Waals surface area contributed by atoms with Crippen LogP contribution in [0.5, 0.6) is 0 Å². The number of ether oxygens (including phenoxy) is 1. The van der Waals surface area contributed by atoms with Gasteiger partial charge in [0, 0.05) is 12.8 Å². The van der Waals surface area contributed by atoms with Crippen LogP contribution >= 0.6 is 7.82 Å². The topological polar surface area (TPSA) is 169 Å². The lowest BCUT2D eigenvalue weighted by atomic mass is 10.1. The molecule has 3 atom stereocenters. The van der Waals surface area contributed by atoms with Crippen molar-refractivity contribution in [3.05, 3.63) is 60.8 Å². The Balaban J connectivity index is 3.99. The molecule has 310 valence electrons. The third-order valence-electron chi connectivity index (χ3n) is 8.28. The van der Waals surface area contributed by atoms with Crippen LogP contribution in [0.3, 0.4) is 0 Å². The van der Waals surface area contributed by atoms with Gasteiger partial charge in [0.05, 0.1) is 13.2 Å². The molecule has 0 aromatic heterocycles. The number of aliphatic carboxylic acids is 1. The first-order valence-corrected chi connectivity index (χ1v) is 21.8. The van der Waals surface area contributed by atoms with Crippen molar-refractivity contribution in [2.75, 3.05) is 19.8 Å². The summed E-state index contributed by atoms with van der Waals surface area (Å²) in [6.07, 6.45) is 41.1. The van der Waals surface area contributed by atoms with Crippen molar-refractivity contribution >= 4 is 25.7 Å². The molecule has 0 radical (unpaired) electrons. The third kappa shape index (κ3) is 36.2. The molecule has 0 fully saturated rings. The quantitative estimate of drug-likeness (QED) is 0.0206. The molecule has 0 saturated carbocycles. The number of aliphatic hydroxyl groups is 1. The minimum absolute atomic E-state index is 0.130. The number of phosphoric acid groups is 1. The third-order valence-corrected chi connectivity index (χ3v) is 9.23. The number of amides is 1. The highest BCUT2D eigenvalue weighted by Gasteiger charge is 2.28. The SMILES string of the molecule is CCCC/C=C\CCCCCCCC(=O)NC(COP(=O)(O)OCC(O)COC(=O)CCCCC/C=C\C/C=C\C/C=C\C/C=C\CCCCC)C(=O)O. The van der Waals surface area contributed by atoms with Crippen LogP contribution in [-0.2, 0) is 32.7 Å². The van der Waals surface area contributed by atoms with Gasteiger partial charge in [-0.15, -0.1) is 0 Å². The van der Waals surface area contributed by atoms with E-state index in [-0.39, 0.29) is 12.8 Å². The van der Waals surface area contributed by atoms with Crippen molar-refractivity contribution in [2.45, 2.75) is 167 Å². The van der Waals surface area contributed by atoms with Crippen molar-refractivity contribution in [1.82, 2.24) is 5.32 Å². The first-order valence-electron chi connectivity index (χ1n) is 20.3. The van der Waals surface area contributed by atoms with Crippen LogP contribution in [0.25, 0.3) is 0 Å². The molecule has 0 aromatic rings. The standard InChI is InChI=1S/C42H72NO10P/c1-3-5-7-9-11-13-15-16-17-18-19-20-21-22-24-26-28-30-32-34-41(46)51-35-38(44)36-52-54(49,50)53-37-39(42(47)48)43-40(45)33-31-29-27-25-23-14-12-10-8-6-4-2/h10-13,16-17,19-20,22,24,38-39,44H,3-9,14-15,18,21,23,25-37H2,1-2H3,(H,43,45)(H,47,48)(H,49,50)/b12-10-,13-11-,17-16-,20-19-,24-22-. The average molecular weight is 782 g/mol. The van der Waals surface area contributed by atoms with Gasteiger partial charge in [-0.05, 0) is 77.0 Å². The van der Waals surface area contributed by atoms with Crippen molar-refractivity contribution < 1.29 is 47.8 Å². The molecule has 0 aliphatic heterocycles. The molecule has 54 heavy (non-hydrogen) atoms. The van der Waals surface area contributed by atoms with Crippen LogP contribution in [0.15, 0.2) is 60.8 Å². The predicted molar refractivity (Wildman–Crippen MR) is 217 cm³/mol. The second-order valence-corrected chi connectivity index (χ2v) is 14.9. The number of unbranched alkanes of at least 4 members (excludes halogenated alkanes) is 13. The van der Waals surface area contributed by atoms with Gasteiger partial charge < -0.3 is 25.2 Å². The monoisotopic (exact) mass is 781 g/mol. The number of hydrogen-bond donors (Lipinski definition) is 4. The smallest absolute Gasteiger partial charge is 0.472 e. The van der Waals surface area contributed by atoms with Crippen molar-refractivity contribution in [3.8, 4) is 0 Å². The molecular weight excluding hydrogens is 709 g/mol. The van der Waals surface area contributed by atoms with Crippen LogP contribution < -0.4 is 5.32 Å². The van der Waals surface area contributed by atoms with Gasteiger partial charge in [-0.2, -0.15) is 0 Å². The van der Waals surface area contributed by atoms with Gasteiger partial charge in [-0.3, -0.25) is 18.6 Å². The van der Waals surface area contributed by atoms with Crippen LogP contribution in [0.2, 0.25) is 0 Å². The fourth-order valence-electron chi connectivity index (χ4n) is 5.04. The number of esters is 1. The van der Waals surface area contributed by atoms with Gasteiger partial charge in [-0.1, -0.05) is 126 Å². The van der Waals surface area contributed by atoms with Gasteiger partial charge in [0.15, 0.2) is 6.04 Å². The second-order valence-electron chi connectivity index (χ2n) is 13.5. The molecule has 0 aliphatic carbocycles. The maximum atomic E-state index is 12.2. The maximum absolute atomic E-state index is 12.2. The van der Waals surface area contributed by atoms with E-state index in [4.69, 9.17) is 13.8 Å². The second kappa shape index (κ2) is 37.1. The number of carbonyl (C=O) groups excluding carboxylic acids is 2. The first-order chi connectivity index (χ1) is 26.1. The zero-order valence-electron chi connectivity index (χ0n) is 33.3. The molecule has 0 saturated heterocycles. The largest absolute Gasteiger partial charge is 0.480 e. The highest BCUT2D eigenvalue weighted by Crippen LogP contribution is 2.43. The van der Waals surface area contributed by atoms with E-state index in [1.54, 1.807) is 0 Å². The Labute approximate surface area is 326 Å². The summed E-state index contributed by atoms with van der Waals surface area (Å²) >= 11 is 0. The lowest BCUT2D eigenvalue weighted by Gasteiger charge is -2.18. The summed E-state index contributed by atoms with van der Waals surface area (Å²) in [5, 5.41) is 21.7. The van der Waals surface area contributed by atoms with Gasteiger partial charge in [0.25, 0.3) is 0 Å². The summed E-state index contributed by atoms with van der Waals surface area (Å²) in [4.78, 5) is 45.7. The van der Waals surface area contributed by atoms with Crippen molar-refractivity contribution in [1.29, 1.82) is 0 Å². The molecule has 3 unspecified atom stereocenters. The molecule has 4 N–H and O–H groups in total. The molecule has 0 spiro atoms. The number of carbonyl (C=O) groups is 3. The normalized spacial score (nSPS) is 14.4. The van der Waals surface area contributed by atoms with Crippen LogP contribution in [0.4, 0.5) is 0 Å². The van der Waals surface area contributed by atoms with Crippen molar-refractivity contribution in [3.63, 3.8) is 0 Å². The van der Waals surface area contributed by atoms with Crippen LogP contribution in [0.1, 0.15) is 155 Å². The minimum Gasteiger partial charge on any atom is -0.480 e. The summed E-state index contributed by atoms with van der Waals surface area (Å²) in [6.45, 7) is 2.45. The van der Waals surface area contributed by atoms with Gasteiger partial charge in [0.1, 0.15) is 12.7 Å². The molecule has 0 aliphatic rings. The lowest BCUT2D eigenvalue weighted by molar-refractivity contribution is -0.147. The Morgan fingerprint density at radius 2 is 1.04 bits per heavy atom. The number of carboxylic acids is 1. The highest BCUT2D eigenvalue weighted by molar-refractivity contribution is 7.47. The Hall–Kier alpha value is -2.82. The highest BCUT2D eigenvalue weighted by atomic mass is 31.2. The molecule has 12 heteroatoms. The zero-order chi connectivity index (χ0) is 40.0. The predicted octanol–water partition coefficient (Wildman–Crippen LogP) is 10.00. The van der Waals surface area contributed by atoms with E-state index < -0.39 is 57.6 Å². The molecular formula is C42H72NO10P. The van der Waals surface area contributed by atoms with E-state index >= 15 is 0 Å². The number of nitrogens with one attached hydrogen (secondary N) is 1. The Morgan fingerprint density at radius 3 is 1.61 bits per heavy atom. The van der Waals surface area contributed by atoms with E-state index in [0.29, 0.717) is 12.8 Å². The van der Waals surface area contributed by atoms with Crippen LogP contribution in [-0.4, -0.2) is 64.9 Å². The number of carboxylic acid groups (broad SMARTS) is 1. The van der Waals surface area contributed by atoms with Crippen LogP contribution in [0, 0.1) is 0 Å². The van der Waals surface area contributed by atoms with E-state index in [1.807, 2.05) is 0 Å². The van der Waals surface area contributed by atoms with E-state index in [0.717, 1.165) is 77.0 Å². The zero-order valence-corrected chi connectivity index (χ0v) is 34.1. The van der Waals surface area contributed by atoms with Crippen molar-refractivity contribution in [2.24, 2.45) is 0 Å². The summed E-state index contributed by atoms with van der Waals surface area (Å²) < 4.78 is 26.7. The van der Waals surface area contributed by atoms with Gasteiger partial charge in [0.2, 0.25) is 5.91 Å². The molecule has 0 heterocycles. The number of aliphatic hydroxyl groups excluding tert-OH is 1. The summed E-state index contributed by atoms with van der Waals surface area (Å²) in [6, 6.07) is -1.56. The fourth-order valence-corrected chi connectivity index (χ4v) is 5.81. The number of phosphoric ester groups is 1. The molecule has 0 rings (SSSR count). The summed E-state index contributed by atoms with van der Waals surface area (Å²) in [5.41, 5.74) is 0. The summed E-state index contributed by atoms with van der Waals surface area (Å²) in [7, 11) is -4.76. The van der Waals surface area contributed by atoms with Gasteiger partial charge >= 0.3 is 19.8 Å². The van der Waals surface area contributed by atoms with E-state index in [9.17, 15) is 34.1 Å². The lowest BCUT2D eigenvalue weighted by Crippen LogP contribution is -2.43. The number of hydrogen-bond acceptors (Lipinski definition) is 8. The number of allylic oxidation sites excluding steroid dienone is 10. The fraction of sp³-hybridized carbons (Fsp3) is 0.690. The van der Waals surface area contributed by atoms with E-state index in [1.165, 1.54) is 38.5 Å². The number of rotatable bonds is 37. The molecule has 11 nitrogen and oxygen atoms in total. The molecule has 0 aromatic carbocycles. The molecule has 0 bridgehead atoms. The first kappa shape index (κ1) is 51.2. The minimum atomic E-state index is -4.76. The van der Waals surface area contributed by atoms with E-state index in [2.05, 4.69) is 79.9 Å². The Bertz CT molecular complexity index is 1150. The average Bonchev–Trinajstić information content (AvgIpc) is 3.14. The Morgan fingerprint density at radius 1 is 0.593 bits per heavy atom. The Kier molecular flexibility index (Phi) is 35.2. The molecule has 1 amide bonds.